The van der Waals surface area contributed by atoms with Crippen molar-refractivity contribution < 1.29 is 0 Å². The van der Waals surface area contributed by atoms with Crippen molar-refractivity contribution in [2.24, 2.45) is 10.9 Å². The molecule has 1 heteroatoms. The van der Waals surface area contributed by atoms with E-state index in [-0.39, 0.29) is 0 Å². The first-order valence-electron chi connectivity index (χ1n) is 6.44. The van der Waals surface area contributed by atoms with Gasteiger partial charge in [0.05, 0.1) is 6.04 Å². The second kappa shape index (κ2) is 5.83. The van der Waals surface area contributed by atoms with Crippen molar-refractivity contribution in [3.05, 3.63) is 35.9 Å². The Hall–Kier alpha value is -1.11. The van der Waals surface area contributed by atoms with Crippen molar-refractivity contribution >= 4 is 6.21 Å². The standard InChI is InChI=1S/C15H21N/c1-13(15-10-6-3-7-11-15)16-12-14-8-4-2-5-9-14/h3,6-7,10-14H,2,4-5,8-9H2,1H3/t13-/m1/s1. The van der Waals surface area contributed by atoms with E-state index in [0.717, 1.165) is 5.92 Å². The molecule has 86 valence electrons. The van der Waals surface area contributed by atoms with E-state index in [4.69, 9.17) is 4.99 Å². The number of nitrogens with zero attached hydrogens (tertiary/aromatic N) is 1. The van der Waals surface area contributed by atoms with Crippen molar-refractivity contribution in [3.8, 4) is 0 Å². The number of benzene rings is 1. The Balaban J connectivity index is 1.91. The maximum absolute atomic E-state index is 4.69. The lowest BCUT2D eigenvalue weighted by molar-refractivity contribution is 0.443. The molecule has 0 saturated heterocycles. The molecule has 1 aliphatic rings. The summed E-state index contributed by atoms with van der Waals surface area (Å²) >= 11 is 0. The summed E-state index contributed by atoms with van der Waals surface area (Å²) in [6.45, 7) is 2.18. The normalized spacial score (nSPS) is 20.1. The molecule has 0 aromatic heterocycles. The van der Waals surface area contributed by atoms with Gasteiger partial charge in [-0.25, -0.2) is 0 Å². The summed E-state index contributed by atoms with van der Waals surface area (Å²) in [6.07, 6.45) is 9.07. The quantitative estimate of drug-likeness (QED) is 0.663. The van der Waals surface area contributed by atoms with E-state index in [2.05, 4.69) is 43.5 Å². The fourth-order valence-electron chi connectivity index (χ4n) is 2.35. The van der Waals surface area contributed by atoms with E-state index >= 15 is 0 Å². The molecule has 0 N–H and O–H groups in total. The minimum absolute atomic E-state index is 0.308. The molecular formula is C15H21N. The van der Waals surface area contributed by atoms with Gasteiger partial charge in [0.1, 0.15) is 0 Å². The maximum atomic E-state index is 4.69. The summed E-state index contributed by atoms with van der Waals surface area (Å²) in [5.41, 5.74) is 1.31. The van der Waals surface area contributed by atoms with Crippen LogP contribution < -0.4 is 0 Å². The largest absolute Gasteiger partial charge is 0.289 e. The number of aliphatic imine (C=N–C) groups is 1. The number of rotatable bonds is 3. The van der Waals surface area contributed by atoms with Crippen LogP contribution in [-0.4, -0.2) is 6.21 Å². The molecular weight excluding hydrogens is 194 g/mol. The van der Waals surface area contributed by atoms with Crippen molar-refractivity contribution in [2.75, 3.05) is 0 Å². The third-order valence-corrected chi connectivity index (χ3v) is 3.45. The summed E-state index contributed by atoms with van der Waals surface area (Å²) in [5, 5.41) is 0. The zero-order chi connectivity index (χ0) is 11.2. The Morgan fingerprint density at radius 1 is 1.12 bits per heavy atom. The highest BCUT2D eigenvalue weighted by molar-refractivity contribution is 5.61. The molecule has 0 aliphatic heterocycles. The highest BCUT2D eigenvalue weighted by Gasteiger charge is 2.11. The van der Waals surface area contributed by atoms with E-state index in [0.29, 0.717) is 6.04 Å². The molecule has 1 fully saturated rings. The van der Waals surface area contributed by atoms with E-state index in [1.54, 1.807) is 0 Å². The molecule has 0 heterocycles. The Labute approximate surface area is 98.6 Å². The van der Waals surface area contributed by atoms with Crippen LogP contribution >= 0.6 is 0 Å². The van der Waals surface area contributed by atoms with Crippen LogP contribution in [0.1, 0.15) is 50.6 Å². The van der Waals surface area contributed by atoms with Crippen molar-refractivity contribution in [1.29, 1.82) is 0 Å². The Bertz CT molecular complexity index is 323. The van der Waals surface area contributed by atoms with Gasteiger partial charge in [0.15, 0.2) is 0 Å². The van der Waals surface area contributed by atoms with Gasteiger partial charge in [-0.3, -0.25) is 4.99 Å². The minimum Gasteiger partial charge on any atom is -0.289 e. The van der Waals surface area contributed by atoms with Gasteiger partial charge < -0.3 is 0 Å². The molecule has 0 radical (unpaired) electrons. The molecule has 0 bridgehead atoms. The van der Waals surface area contributed by atoms with Crippen LogP contribution in [0.4, 0.5) is 0 Å². The zero-order valence-electron chi connectivity index (χ0n) is 10.1. The summed E-state index contributed by atoms with van der Waals surface area (Å²) in [7, 11) is 0. The molecule has 1 nitrogen and oxygen atoms in total. The van der Waals surface area contributed by atoms with Crippen molar-refractivity contribution in [3.63, 3.8) is 0 Å². The van der Waals surface area contributed by atoms with E-state index < -0.39 is 0 Å². The average molecular weight is 215 g/mol. The summed E-state index contributed by atoms with van der Waals surface area (Å²) in [4.78, 5) is 4.69. The Kier molecular flexibility index (Phi) is 4.15. The van der Waals surface area contributed by atoms with Crippen LogP contribution in [-0.2, 0) is 0 Å². The van der Waals surface area contributed by atoms with Crippen molar-refractivity contribution in [2.45, 2.75) is 45.1 Å². The van der Waals surface area contributed by atoms with Crippen LogP contribution in [0, 0.1) is 5.92 Å². The first kappa shape index (κ1) is 11.4. The van der Waals surface area contributed by atoms with Crippen LogP contribution in [0.5, 0.6) is 0 Å². The molecule has 1 atom stereocenters. The van der Waals surface area contributed by atoms with Gasteiger partial charge in [0, 0.05) is 6.21 Å². The lowest BCUT2D eigenvalue weighted by Gasteiger charge is -2.17. The van der Waals surface area contributed by atoms with Gasteiger partial charge in [0.25, 0.3) is 0 Å². The number of hydrogen-bond acceptors (Lipinski definition) is 1. The predicted octanol–water partition coefficient (Wildman–Crippen LogP) is 4.40. The highest BCUT2D eigenvalue weighted by Crippen LogP contribution is 2.23. The minimum atomic E-state index is 0.308. The lowest BCUT2D eigenvalue weighted by atomic mass is 9.90. The van der Waals surface area contributed by atoms with E-state index in [1.165, 1.54) is 37.7 Å². The molecule has 0 spiro atoms. The summed E-state index contributed by atoms with van der Waals surface area (Å²) in [6, 6.07) is 10.8. The van der Waals surface area contributed by atoms with Crippen LogP contribution in [0.25, 0.3) is 0 Å². The molecule has 1 aromatic rings. The topological polar surface area (TPSA) is 12.4 Å². The second-order valence-corrected chi connectivity index (χ2v) is 4.78. The molecule has 2 rings (SSSR count). The van der Waals surface area contributed by atoms with Gasteiger partial charge in [-0.15, -0.1) is 0 Å². The van der Waals surface area contributed by atoms with Gasteiger partial charge in [0.2, 0.25) is 0 Å². The van der Waals surface area contributed by atoms with Gasteiger partial charge in [-0.05, 0) is 31.2 Å². The smallest absolute Gasteiger partial charge is 0.0717 e. The van der Waals surface area contributed by atoms with Gasteiger partial charge >= 0.3 is 0 Å². The SMILES string of the molecule is C[C@@H](N=CC1CCCCC1)c1ccccc1. The van der Waals surface area contributed by atoms with Gasteiger partial charge in [-0.2, -0.15) is 0 Å². The van der Waals surface area contributed by atoms with E-state index in [9.17, 15) is 0 Å². The first-order valence-corrected chi connectivity index (χ1v) is 6.44. The fourth-order valence-corrected chi connectivity index (χ4v) is 2.35. The summed E-state index contributed by atoms with van der Waals surface area (Å²) in [5.74, 6) is 0.736. The van der Waals surface area contributed by atoms with Crippen LogP contribution in [0.15, 0.2) is 35.3 Å². The third-order valence-electron chi connectivity index (χ3n) is 3.45. The van der Waals surface area contributed by atoms with E-state index in [1.807, 2.05) is 0 Å². The first-order chi connectivity index (χ1) is 7.86. The predicted molar refractivity (Wildman–Crippen MR) is 69.9 cm³/mol. The molecule has 0 amide bonds. The summed E-state index contributed by atoms with van der Waals surface area (Å²) < 4.78 is 0. The average Bonchev–Trinajstić information content (AvgIpc) is 2.38. The zero-order valence-corrected chi connectivity index (χ0v) is 10.1. The molecule has 1 saturated carbocycles. The number of hydrogen-bond donors (Lipinski definition) is 0. The van der Waals surface area contributed by atoms with Crippen LogP contribution in [0.3, 0.4) is 0 Å². The Morgan fingerprint density at radius 2 is 1.81 bits per heavy atom. The highest BCUT2D eigenvalue weighted by atomic mass is 14.8. The molecule has 16 heavy (non-hydrogen) atoms. The fraction of sp³-hybridized carbons (Fsp3) is 0.533. The lowest BCUT2D eigenvalue weighted by Crippen LogP contribution is -2.07. The monoisotopic (exact) mass is 215 g/mol. The third kappa shape index (κ3) is 3.19. The second-order valence-electron chi connectivity index (χ2n) is 4.78. The van der Waals surface area contributed by atoms with Gasteiger partial charge in [-0.1, -0.05) is 49.6 Å². The van der Waals surface area contributed by atoms with Crippen LogP contribution in [0.2, 0.25) is 0 Å². The molecule has 1 aliphatic carbocycles. The van der Waals surface area contributed by atoms with Crippen molar-refractivity contribution in [1.82, 2.24) is 0 Å². The maximum Gasteiger partial charge on any atom is 0.0717 e. The Morgan fingerprint density at radius 3 is 2.50 bits per heavy atom. The molecule has 0 unspecified atom stereocenters. The molecule has 1 aromatic carbocycles.